The van der Waals surface area contributed by atoms with Gasteiger partial charge in [0.1, 0.15) is 5.82 Å². The van der Waals surface area contributed by atoms with Gasteiger partial charge >= 0.3 is 0 Å². The molecule has 0 atom stereocenters. The van der Waals surface area contributed by atoms with Gasteiger partial charge in [0.25, 0.3) is 0 Å². The number of aromatic nitrogens is 1. The smallest absolute Gasteiger partial charge is 0.236 e. The van der Waals surface area contributed by atoms with Gasteiger partial charge in [-0.1, -0.05) is 0 Å². The van der Waals surface area contributed by atoms with Crippen LogP contribution in [0.2, 0.25) is 0 Å². The molecule has 0 aliphatic rings. The molecule has 1 aromatic heterocycles. The van der Waals surface area contributed by atoms with Crippen molar-refractivity contribution < 1.29 is 17.6 Å². The second-order valence-corrected chi connectivity index (χ2v) is 5.68. The van der Waals surface area contributed by atoms with E-state index < -0.39 is 15.8 Å². The zero-order valence-electron chi connectivity index (χ0n) is 9.27. The maximum Gasteiger partial charge on any atom is 0.236 e. The quantitative estimate of drug-likeness (QED) is 0.769. The average molecular weight is 255 g/mol. The third-order valence-corrected chi connectivity index (χ3v) is 3.49. The molecule has 4 nitrogen and oxygen atoms in total. The molecule has 0 bridgehead atoms. The third-order valence-electron chi connectivity index (χ3n) is 2.47. The van der Waals surface area contributed by atoms with Gasteiger partial charge in [0.2, 0.25) is 10.0 Å². The monoisotopic (exact) mass is 255 g/mol. The highest BCUT2D eigenvalue weighted by Crippen LogP contribution is 2.24. The second kappa shape index (κ2) is 3.66. The first-order valence-corrected chi connectivity index (χ1v) is 6.67. The van der Waals surface area contributed by atoms with Gasteiger partial charge in [0.05, 0.1) is 11.8 Å². The molecule has 6 heteroatoms. The number of hydrogen-bond acceptors (Lipinski definition) is 3. The van der Waals surface area contributed by atoms with Crippen LogP contribution < -0.4 is 0 Å². The standard InChI is InChI=1S/C11H10FNO3S/c1-7(14)10-6-13(17(2,15)16)11-4-3-8(12)5-9(10)11/h3-6H,1-2H3. The number of carbonyl (C=O) groups excluding carboxylic acids is 1. The van der Waals surface area contributed by atoms with Crippen molar-refractivity contribution in [3.8, 4) is 0 Å². The first-order chi connectivity index (χ1) is 7.80. The lowest BCUT2D eigenvalue weighted by molar-refractivity contribution is 0.101. The molecule has 0 amide bonds. The summed E-state index contributed by atoms with van der Waals surface area (Å²) in [6.07, 6.45) is 2.25. The van der Waals surface area contributed by atoms with Crippen molar-refractivity contribution in [2.75, 3.05) is 6.26 Å². The highest BCUT2D eigenvalue weighted by molar-refractivity contribution is 7.89. The molecule has 0 unspecified atom stereocenters. The van der Waals surface area contributed by atoms with Gasteiger partial charge in [-0.05, 0) is 25.1 Å². The van der Waals surface area contributed by atoms with Gasteiger partial charge in [-0.3, -0.25) is 4.79 Å². The predicted octanol–water partition coefficient (Wildman–Crippen LogP) is 1.79. The summed E-state index contributed by atoms with van der Waals surface area (Å²) in [5.74, 6) is -0.811. The molecule has 1 heterocycles. The fraction of sp³-hybridized carbons (Fsp3) is 0.182. The Morgan fingerprint density at radius 2 is 2.00 bits per heavy atom. The van der Waals surface area contributed by atoms with E-state index in [-0.39, 0.29) is 11.3 Å². The van der Waals surface area contributed by atoms with Crippen LogP contribution in [-0.2, 0) is 10.0 Å². The number of halogens is 1. The molecular weight excluding hydrogens is 245 g/mol. The highest BCUT2D eigenvalue weighted by atomic mass is 32.2. The van der Waals surface area contributed by atoms with Gasteiger partial charge in [-0.2, -0.15) is 0 Å². The van der Waals surface area contributed by atoms with Crippen molar-refractivity contribution in [2.45, 2.75) is 6.92 Å². The molecule has 90 valence electrons. The van der Waals surface area contributed by atoms with Crippen LogP contribution in [0.1, 0.15) is 17.3 Å². The zero-order chi connectivity index (χ0) is 12.8. The minimum absolute atomic E-state index is 0.199. The van der Waals surface area contributed by atoms with Gasteiger partial charge in [-0.25, -0.2) is 16.8 Å². The maximum atomic E-state index is 13.1. The summed E-state index contributed by atoms with van der Waals surface area (Å²) in [5.41, 5.74) is 0.504. The topological polar surface area (TPSA) is 56.1 Å². The van der Waals surface area contributed by atoms with Crippen LogP contribution in [0.5, 0.6) is 0 Å². The lowest BCUT2D eigenvalue weighted by Crippen LogP contribution is -2.08. The van der Waals surface area contributed by atoms with Crippen molar-refractivity contribution in [3.05, 3.63) is 35.8 Å². The lowest BCUT2D eigenvalue weighted by Gasteiger charge is -2.00. The Morgan fingerprint density at radius 1 is 1.35 bits per heavy atom. The van der Waals surface area contributed by atoms with E-state index in [9.17, 15) is 17.6 Å². The Balaban J connectivity index is 2.95. The van der Waals surface area contributed by atoms with E-state index >= 15 is 0 Å². The normalized spacial score (nSPS) is 11.9. The molecule has 0 radical (unpaired) electrons. The minimum Gasteiger partial charge on any atom is -0.294 e. The molecule has 2 rings (SSSR count). The van der Waals surface area contributed by atoms with Crippen LogP contribution in [0, 0.1) is 5.82 Å². The second-order valence-electron chi connectivity index (χ2n) is 3.82. The van der Waals surface area contributed by atoms with Crippen molar-refractivity contribution in [1.29, 1.82) is 0 Å². The summed E-state index contributed by atoms with van der Waals surface area (Å²) < 4.78 is 37.2. The van der Waals surface area contributed by atoms with E-state index in [1.807, 2.05) is 0 Å². The van der Waals surface area contributed by atoms with E-state index in [1.54, 1.807) is 0 Å². The number of rotatable bonds is 2. The first-order valence-electron chi connectivity index (χ1n) is 4.83. The molecule has 2 aromatic rings. The van der Waals surface area contributed by atoms with E-state index in [2.05, 4.69) is 0 Å². The number of fused-ring (bicyclic) bond motifs is 1. The maximum absolute atomic E-state index is 13.1. The van der Waals surface area contributed by atoms with Crippen LogP contribution >= 0.6 is 0 Å². The van der Waals surface area contributed by atoms with Crippen molar-refractivity contribution >= 4 is 26.7 Å². The fourth-order valence-electron chi connectivity index (χ4n) is 1.73. The van der Waals surface area contributed by atoms with Crippen LogP contribution in [0.25, 0.3) is 10.9 Å². The predicted molar refractivity (Wildman–Crippen MR) is 62.1 cm³/mol. The zero-order valence-corrected chi connectivity index (χ0v) is 10.1. The molecule has 1 aromatic carbocycles. The Labute approximate surface area is 97.7 Å². The van der Waals surface area contributed by atoms with Gasteiger partial charge in [0.15, 0.2) is 5.78 Å². The molecular formula is C11H10FNO3S. The number of hydrogen-bond donors (Lipinski definition) is 0. The lowest BCUT2D eigenvalue weighted by atomic mass is 10.1. The van der Waals surface area contributed by atoms with Crippen LogP contribution in [0.3, 0.4) is 0 Å². The highest BCUT2D eigenvalue weighted by Gasteiger charge is 2.17. The average Bonchev–Trinajstić information content (AvgIpc) is 2.55. The van der Waals surface area contributed by atoms with Gasteiger partial charge in [-0.15, -0.1) is 0 Å². The van der Waals surface area contributed by atoms with Crippen molar-refractivity contribution in [2.24, 2.45) is 0 Å². The summed E-state index contributed by atoms with van der Waals surface area (Å²) in [7, 11) is -3.51. The van der Waals surface area contributed by atoms with E-state index in [1.165, 1.54) is 19.2 Å². The summed E-state index contributed by atoms with van der Waals surface area (Å²) in [5, 5.41) is 0.308. The Morgan fingerprint density at radius 3 is 2.53 bits per heavy atom. The summed E-state index contributed by atoms with van der Waals surface area (Å²) in [6.45, 7) is 1.31. The van der Waals surface area contributed by atoms with Gasteiger partial charge in [0, 0.05) is 17.1 Å². The van der Waals surface area contributed by atoms with Crippen LogP contribution in [0.4, 0.5) is 4.39 Å². The molecule has 0 spiro atoms. The minimum atomic E-state index is -3.51. The number of nitrogens with zero attached hydrogens (tertiary/aromatic N) is 1. The Hall–Kier alpha value is -1.69. The molecule has 17 heavy (non-hydrogen) atoms. The van der Waals surface area contributed by atoms with Gasteiger partial charge < -0.3 is 0 Å². The Kier molecular flexibility index (Phi) is 2.54. The van der Waals surface area contributed by atoms with E-state index in [0.29, 0.717) is 10.9 Å². The third kappa shape index (κ3) is 1.95. The number of carbonyl (C=O) groups is 1. The van der Waals surface area contributed by atoms with Crippen molar-refractivity contribution in [1.82, 2.24) is 3.97 Å². The largest absolute Gasteiger partial charge is 0.294 e. The molecule has 0 saturated heterocycles. The van der Waals surface area contributed by atoms with Crippen molar-refractivity contribution in [3.63, 3.8) is 0 Å². The molecule has 0 fully saturated rings. The van der Waals surface area contributed by atoms with E-state index in [4.69, 9.17) is 0 Å². The number of Topliss-reactive ketones (excluding diaryl/α,β-unsaturated/α-hetero) is 1. The molecule has 0 saturated carbocycles. The summed E-state index contributed by atoms with van der Waals surface area (Å²) in [6, 6.07) is 3.67. The summed E-state index contributed by atoms with van der Waals surface area (Å²) in [4.78, 5) is 11.4. The Bertz CT molecular complexity index is 716. The van der Waals surface area contributed by atoms with Crippen LogP contribution in [0.15, 0.2) is 24.4 Å². The molecule has 0 aliphatic heterocycles. The number of ketones is 1. The van der Waals surface area contributed by atoms with Crippen LogP contribution in [-0.4, -0.2) is 24.4 Å². The molecule has 0 aliphatic carbocycles. The summed E-state index contributed by atoms with van der Waals surface area (Å²) >= 11 is 0. The number of benzene rings is 1. The van der Waals surface area contributed by atoms with E-state index in [0.717, 1.165) is 22.4 Å². The molecule has 0 N–H and O–H groups in total. The fourth-order valence-corrected chi connectivity index (χ4v) is 2.54. The first kappa shape index (κ1) is 11.8. The SMILES string of the molecule is CC(=O)c1cn(S(C)(=O)=O)c2ccc(F)cc12.